The fraction of sp³-hybridized carbons (Fsp3) is 0.385. The molecule has 0 bridgehead atoms. The molecule has 0 heterocycles. The number of aliphatic hydroxyl groups excluding tert-OH is 1. The first-order valence-electron chi connectivity index (χ1n) is 5.28. The molecule has 88 valence electrons. The first kappa shape index (κ1) is 12.6. The van der Waals surface area contributed by atoms with E-state index in [0.717, 1.165) is 17.8 Å². The molecule has 0 saturated carbocycles. The predicted molar refractivity (Wildman–Crippen MR) is 67.1 cm³/mol. The van der Waals surface area contributed by atoms with Crippen LogP contribution in [0.25, 0.3) is 0 Å². The summed E-state index contributed by atoms with van der Waals surface area (Å²) in [5.74, 6) is 0.711. The Balaban J connectivity index is 3.21. The summed E-state index contributed by atoms with van der Waals surface area (Å²) in [4.78, 5) is 2.03. The maximum atomic E-state index is 9.80. The maximum absolute atomic E-state index is 9.80. The average molecular weight is 221 g/mol. The SMILES string of the molecule is C=CCN(C)c1cccc(OC)c1C(C)O. The summed E-state index contributed by atoms with van der Waals surface area (Å²) in [7, 11) is 3.57. The van der Waals surface area contributed by atoms with Crippen molar-refractivity contribution in [1.29, 1.82) is 0 Å². The molecule has 0 aromatic heterocycles. The lowest BCUT2D eigenvalue weighted by atomic mass is 10.1. The van der Waals surface area contributed by atoms with Crippen LogP contribution in [0.3, 0.4) is 0 Å². The molecule has 1 atom stereocenters. The molecule has 16 heavy (non-hydrogen) atoms. The lowest BCUT2D eigenvalue weighted by molar-refractivity contribution is 0.194. The Morgan fingerprint density at radius 1 is 1.56 bits per heavy atom. The number of rotatable bonds is 5. The number of nitrogens with zero attached hydrogens (tertiary/aromatic N) is 1. The van der Waals surface area contributed by atoms with Crippen LogP contribution in [0.15, 0.2) is 30.9 Å². The zero-order chi connectivity index (χ0) is 12.1. The van der Waals surface area contributed by atoms with Crippen molar-refractivity contribution in [2.45, 2.75) is 13.0 Å². The zero-order valence-corrected chi connectivity index (χ0v) is 10.1. The first-order valence-corrected chi connectivity index (χ1v) is 5.28. The van der Waals surface area contributed by atoms with Crippen molar-refractivity contribution in [1.82, 2.24) is 0 Å². The van der Waals surface area contributed by atoms with Crippen LogP contribution < -0.4 is 9.64 Å². The van der Waals surface area contributed by atoms with Crippen molar-refractivity contribution in [2.75, 3.05) is 25.6 Å². The minimum Gasteiger partial charge on any atom is -0.496 e. The van der Waals surface area contributed by atoms with Gasteiger partial charge in [-0.2, -0.15) is 0 Å². The average Bonchev–Trinajstić information content (AvgIpc) is 2.28. The fourth-order valence-corrected chi connectivity index (χ4v) is 1.76. The molecule has 1 N–H and O–H groups in total. The topological polar surface area (TPSA) is 32.7 Å². The molecule has 1 rings (SSSR count). The van der Waals surface area contributed by atoms with E-state index in [1.165, 1.54) is 0 Å². The number of anilines is 1. The number of methoxy groups -OCH3 is 1. The lowest BCUT2D eigenvalue weighted by Gasteiger charge is -2.23. The molecule has 1 unspecified atom stereocenters. The van der Waals surface area contributed by atoms with Gasteiger partial charge >= 0.3 is 0 Å². The Morgan fingerprint density at radius 3 is 2.75 bits per heavy atom. The second-order valence-corrected chi connectivity index (χ2v) is 3.74. The van der Waals surface area contributed by atoms with Crippen LogP contribution >= 0.6 is 0 Å². The Morgan fingerprint density at radius 2 is 2.25 bits per heavy atom. The number of hydrogen-bond donors (Lipinski definition) is 1. The molecule has 0 aliphatic carbocycles. The van der Waals surface area contributed by atoms with Gasteiger partial charge in [-0.05, 0) is 19.1 Å². The summed E-state index contributed by atoms with van der Waals surface area (Å²) in [5, 5.41) is 9.80. The number of likely N-dealkylation sites (N-methyl/N-ethyl adjacent to an activating group) is 1. The van der Waals surface area contributed by atoms with Gasteiger partial charge in [0.15, 0.2) is 0 Å². The summed E-state index contributed by atoms with van der Waals surface area (Å²) in [6.45, 7) is 6.18. The van der Waals surface area contributed by atoms with Crippen LogP contribution in [0.1, 0.15) is 18.6 Å². The molecule has 0 aliphatic rings. The van der Waals surface area contributed by atoms with Gasteiger partial charge in [-0.3, -0.25) is 0 Å². The Bertz CT molecular complexity index is 361. The second kappa shape index (κ2) is 5.56. The van der Waals surface area contributed by atoms with E-state index in [2.05, 4.69) is 6.58 Å². The smallest absolute Gasteiger partial charge is 0.126 e. The molecule has 0 fully saturated rings. The number of hydrogen-bond acceptors (Lipinski definition) is 3. The summed E-state index contributed by atoms with van der Waals surface area (Å²) in [5.41, 5.74) is 1.78. The highest BCUT2D eigenvalue weighted by Gasteiger charge is 2.15. The molecular formula is C13H19NO2. The van der Waals surface area contributed by atoms with Crippen LogP contribution in [-0.2, 0) is 0 Å². The third kappa shape index (κ3) is 2.55. The van der Waals surface area contributed by atoms with Crippen LogP contribution in [-0.4, -0.2) is 25.8 Å². The standard InChI is InChI=1S/C13H19NO2/c1-5-9-14(3)11-7-6-8-12(16-4)13(11)10(2)15/h5-8,10,15H,1,9H2,2-4H3. The largest absolute Gasteiger partial charge is 0.496 e. The number of aliphatic hydroxyl groups is 1. The molecular weight excluding hydrogens is 202 g/mol. The molecule has 3 heteroatoms. The summed E-state index contributed by atoms with van der Waals surface area (Å²) < 4.78 is 5.26. The lowest BCUT2D eigenvalue weighted by Crippen LogP contribution is -2.19. The quantitative estimate of drug-likeness (QED) is 0.775. The van der Waals surface area contributed by atoms with Crippen LogP contribution in [0.4, 0.5) is 5.69 Å². The van der Waals surface area contributed by atoms with Gasteiger partial charge in [-0.25, -0.2) is 0 Å². The van der Waals surface area contributed by atoms with Crippen molar-refractivity contribution in [2.24, 2.45) is 0 Å². The molecule has 1 aromatic carbocycles. The van der Waals surface area contributed by atoms with Crippen LogP contribution in [0.2, 0.25) is 0 Å². The first-order chi connectivity index (χ1) is 7.61. The van der Waals surface area contributed by atoms with Gasteiger partial charge in [0.05, 0.1) is 13.2 Å². The molecule has 3 nitrogen and oxygen atoms in total. The van der Waals surface area contributed by atoms with E-state index in [9.17, 15) is 5.11 Å². The maximum Gasteiger partial charge on any atom is 0.126 e. The summed E-state index contributed by atoms with van der Waals surface area (Å²) in [6, 6.07) is 5.74. The van der Waals surface area contributed by atoms with Crippen molar-refractivity contribution >= 4 is 5.69 Å². The molecule has 0 spiro atoms. The van der Waals surface area contributed by atoms with Crippen molar-refractivity contribution in [3.8, 4) is 5.75 Å². The Hall–Kier alpha value is -1.48. The minimum atomic E-state index is -0.557. The molecule has 0 amide bonds. The third-order valence-electron chi connectivity index (χ3n) is 2.50. The van der Waals surface area contributed by atoms with Crippen molar-refractivity contribution < 1.29 is 9.84 Å². The molecule has 1 aromatic rings. The van der Waals surface area contributed by atoms with Gasteiger partial charge in [0.25, 0.3) is 0 Å². The third-order valence-corrected chi connectivity index (χ3v) is 2.50. The highest BCUT2D eigenvalue weighted by atomic mass is 16.5. The highest BCUT2D eigenvalue weighted by molar-refractivity contribution is 5.60. The minimum absolute atomic E-state index is 0.557. The molecule has 0 aliphatic heterocycles. The van der Waals surface area contributed by atoms with Gasteiger partial charge in [-0.1, -0.05) is 12.1 Å². The number of benzene rings is 1. The van der Waals surface area contributed by atoms with Gasteiger partial charge in [0, 0.05) is 24.8 Å². The van der Waals surface area contributed by atoms with E-state index in [-0.39, 0.29) is 0 Å². The fourth-order valence-electron chi connectivity index (χ4n) is 1.76. The second-order valence-electron chi connectivity index (χ2n) is 3.74. The molecule has 0 radical (unpaired) electrons. The van der Waals surface area contributed by atoms with E-state index in [1.54, 1.807) is 14.0 Å². The Kier molecular flexibility index (Phi) is 4.38. The summed E-state index contributed by atoms with van der Waals surface area (Å²) >= 11 is 0. The van der Waals surface area contributed by atoms with E-state index >= 15 is 0 Å². The zero-order valence-electron chi connectivity index (χ0n) is 10.1. The Labute approximate surface area is 97.0 Å². The van der Waals surface area contributed by atoms with Crippen molar-refractivity contribution in [3.63, 3.8) is 0 Å². The van der Waals surface area contributed by atoms with Crippen LogP contribution in [0, 0.1) is 0 Å². The van der Waals surface area contributed by atoms with Gasteiger partial charge < -0.3 is 14.7 Å². The van der Waals surface area contributed by atoms with Crippen LogP contribution in [0.5, 0.6) is 5.75 Å². The number of ether oxygens (including phenoxy) is 1. The summed E-state index contributed by atoms with van der Waals surface area (Å²) in [6.07, 6.45) is 1.27. The van der Waals surface area contributed by atoms with E-state index in [0.29, 0.717) is 5.75 Å². The van der Waals surface area contributed by atoms with E-state index in [4.69, 9.17) is 4.74 Å². The van der Waals surface area contributed by atoms with E-state index < -0.39 is 6.10 Å². The predicted octanol–water partition coefficient (Wildman–Crippen LogP) is 2.37. The normalized spacial score (nSPS) is 12.0. The van der Waals surface area contributed by atoms with Gasteiger partial charge in [0.1, 0.15) is 5.75 Å². The monoisotopic (exact) mass is 221 g/mol. The van der Waals surface area contributed by atoms with Crippen molar-refractivity contribution in [3.05, 3.63) is 36.4 Å². The van der Waals surface area contributed by atoms with Gasteiger partial charge in [0.2, 0.25) is 0 Å². The molecule has 0 saturated heterocycles. The van der Waals surface area contributed by atoms with E-state index in [1.807, 2.05) is 36.2 Å². The highest BCUT2D eigenvalue weighted by Crippen LogP contribution is 2.33. The van der Waals surface area contributed by atoms with Gasteiger partial charge in [-0.15, -0.1) is 6.58 Å².